The van der Waals surface area contributed by atoms with Gasteiger partial charge < -0.3 is 20.2 Å². The Labute approximate surface area is 124 Å². The highest BCUT2D eigenvalue weighted by Crippen LogP contribution is 2.28. The lowest BCUT2D eigenvalue weighted by atomic mass is 10.3. The van der Waals surface area contributed by atoms with Gasteiger partial charge in [-0.1, -0.05) is 0 Å². The minimum atomic E-state index is 0.435. The Bertz CT molecular complexity index is 767. The van der Waals surface area contributed by atoms with Gasteiger partial charge in [-0.3, -0.25) is 0 Å². The van der Waals surface area contributed by atoms with Crippen LogP contribution in [0.4, 0.5) is 5.69 Å². The molecule has 0 radical (unpaired) electrons. The van der Waals surface area contributed by atoms with Gasteiger partial charge in [-0.15, -0.1) is 0 Å². The summed E-state index contributed by atoms with van der Waals surface area (Å²) in [4.78, 5) is 16.1. The Morgan fingerprint density at radius 1 is 1.05 bits per heavy atom. The summed E-state index contributed by atoms with van der Waals surface area (Å²) in [5.41, 5.74) is 8.13. The van der Waals surface area contributed by atoms with E-state index in [1.54, 1.807) is 20.3 Å². The Kier molecular flexibility index (Phi) is 3.53. The van der Waals surface area contributed by atoms with Crippen LogP contribution in [0, 0.1) is 0 Å². The van der Waals surface area contributed by atoms with E-state index in [2.05, 4.69) is 19.9 Å². The van der Waals surface area contributed by atoms with Gasteiger partial charge in [0.25, 0.3) is 0 Å². The third-order valence-corrected chi connectivity index (χ3v) is 3.50. The molecular weight excluding hydrogens is 290 g/mol. The highest BCUT2D eigenvalue weighted by atomic mass is 32.2. The maximum Gasteiger partial charge on any atom is 0.220 e. The number of nitrogens with one attached hydrogen (secondary N) is 1. The van der Waals surface area contributed by atoms with E-state index in [0.717, 1.165) is 11.0 Å². The van der Waals surface area contributed by atoms with Crippen molar-refractivity contribution in [3.63, 3.8) is 0 Å². The minimum absolute atomic E-state index is 0.435. The summed E-state index contributed by atoms with van der Waals surface area (Å²) in [6, 6.07) is 7.11. The van der Waals surface area contributed by atoms with E-state index in [-0.39, 0.29) is 0 Å². The van der Waals surface area contributed by atoms with Crippen molar-refractivity contribution in [2.75, 3.05) is 20.0 Å². The lowest BCUT2D eigenvalue weighted by Gasteiger charge is -2.04. The molecule has 2 heterocycles. The van der Waals surface area contributed by atoms with Crippen LogP contribution in [0.25, 0.3) is 11.0 Å². The summed E-state index contributed by atoms with van der Waals surface area (Å²) in [6.45, 7) is 0. The number of nitrogens with zero attached hydrogens (tertiary/aromatic N) is 3. The molecule has 21 heavy (non-hydrogen) atoms. The number of benzene rings is 1. The van der Waals surface area contributed by atoms with Gasteiger partial charge in [0.05, 0.1) is 31.3 Å². The summed E-state index contributed by atoms with van der Waals surface area (Å²) in [5.74, 6) is 0.870. The zero-order valence-electron chi connectivity index (χ0n) is 11.5. The van der Waals surface area contributed by atoms with Crippen LogP contribution in [0.2, 0.25) is 0 Å². The monoisotopic (exact) mass is 303 g/mol. The molecule has 3 aromatic rings. The lowest BCUT2D eigenvalue weighted by molar-refractivity contribution is 0.364. The molecule has 0 saturated heterocycles. The molecule has 0 aliphatic rings. The molecule has 2 aromatic heterocycles. The van der Waals surface area contributed by atoms with E-state index >= 15 is 0 Å². The maximum absolute atomic E-state index is 5.75. The van der Waals surface area contributed by atoms with Crippen LogP contribution in [0.5, 0.6) is 11.8 Å². The lowest BCUT2D eigenvalue weighted by Crippen LogP contribution is -1.96. The molecule has 0 unspecified atom stereocenters. The van der Waals surface area contributed by atoms with Gasteiger partial charge in [0.15, 0.2) is 5.16 Å². The molecule has 0 saturated carbocycles. The molecule has 0 spiro atoms. The highest BCUT2D eigenvalue weighted by molar-refractivity contribution is 7.99. The van der Waals surface area contributed by atoms with E-state index in [0.29, 0.717) is 27.8 Å². The molecule has 0 bridgehead atoms. The molecule has 8 heteroatoms. The van der Waals surface area contributed by atoms with E-state index < -0.39 is 0 Å². The number of hydrogen-bond donors (Lipinski definition) is 2. The first kappa shape index (κ1) is 13.5. The standard InChI is InChI=1S/C13H13N5O2S/c1-19-10-6-11(20-2)18-13(17-10)21-12-15-8-4-3-7(14)5-9(8)16-12/h3-6H,14H2,1-2H3,(H,15,16). The van der Waals surface area contributed by atoms with Crippen LogP contribution in [-0.4, -0.2) is 34.2 Å². The largest absolute Gasteiger partial charge is 0.481 e. The number of rotatable bonds is 4. The van der Waals surface area contributed by atoms with Crippen LogP contribution in [0.3, 0.4) is 0 Å². The zero-order chi connectivity index (χ0) is 14.8. The second kappa shape index (κ2) is 5.49. The van der Waals surface area contributed by atoms with E-state index in [9.17, 15) is 0 Å². The van der Waals surface area contributed by atoms with Gasteiger partial charge in [-0.25, -0.2) is 4.98 Å². The molecule has 3 N–H and O–H groups in total. The Morgan fingerprint density at radius 3 is 2.43 bits per heavy atom. The predicted molar refractivity (Wildman–Crippen MR) is 79.8 cm³/mol. The van der Waals surface area contributed by atoms with Crippen LogP contribution in [0.1, 0.15) is 0 Å². The number of ether oxygens (including phenoxy) is 2. The Morgan fingerprint density at radius 2 is 1.76 bits per heavy atom. The fourth-order valence-electron chi connectivity index (χ4n) is 1.78. The molecule has 0 amide bonds. The molecule has 1 aromatic carbocycles. The second-order valence-corrected chi connectivity index (χ2v) is 5.11. The summed E-state index contributed by atoms with van der Waals surface area (Å²) in [7, 11) is 3.08. The number of nitrogen functional groups attached to an aromatic ring is 1. The fraction of sp³-hybridized carbons (Fsp3) is 0.154. The van der Waals surface area contributed by atoms with E-state index in [4.69, 9.17) is 15.2 Å². The van der Waals surface area contributed by atoms with Gasteiger partial charge in [0, 0.05) is 5.69 Å². The molecule has 3 rings (SSSR count). The normalized spacial score (nSPS) is 10.8. The maximum atomic E-state index is 5.75. The second-order valence-electron chi connectivity index (χ2n) is 4.16. The SMILES string of the molecule is COc1cc(OC)nc(Sc2nc3ccc(N)cc3[nH]2)n1. The Hall–Kier alpha value is -2.48. The van der Waals surface area contributed by atoms with Gasteiger partial charge >= 0.3 is 0 Å². The smallest absolute Gasteiger partial charge is 0.220 e. The molecule has 0 aliphatic heterocycles. The van der Waals surface area contributed by atoms with Gasteiger partial charge in [-0.05, 0) is 30.0 Å². The first-order valence-electron chi connectivity index (χ1n) is 6.08. The van der Waals surface area contributed by atoms with Gasteiger partial charge in [0.1, 0.15) is 0 Å². The predicted octanol–water partition coefficient (Wildman–Crippen LogP) is 2.10. The number of aromatic amines is 1. The quantitative estimate of drug-likeness (QED) is 0.562. The number of nitrogens with two attached hydrogens (primary N) is 1. The summed E-state index contributed by atoms with van der Waals surface area (Å²) >= 11 is 1.29. The highest BCUT2D eigenvalue weighted by Gasteiger charge is 2.10. The average Bonchev–Trinajstić information content (AvgIpc) is 2.87. The summed E-state index contributed by atoms with van der Waals surface area (Å²) in [6.07, 6.45) is 0. The van der Waals surface area contributed by atoms with Crippen molar-refractivity contribution in [2.24, 2.45) is 0 Å². The van der Waals surface area contributed by atoms with Crippen molar-refractivity contribution in [1.29, 1.82) is 0 Å². The number of methoxy groups -OCH3 is 2. The number of H-pyrrole nitrogens is 1. The third-order valence-electron chi connectivity index (χ3n) is 2.75. The van der Waals surface area contributed by atoms with Crippen LogP contribution in [-0.2, 0) is 0 Å². The first-order valence-corrected chi connectivity index (χ1v) is 6.90. The first-order chi connectivity index (χ1) is 10.2. The van der Waals surface area contributed by atoms with Crippen molar-refractivity contribution >= 4 is 28.5 Å². The molecular formula is C13H13N5O2S. The molecule has 0 fully saturated rings. The molecule has 7 nitrogen and oxygen atoms in total. The van der Waals surface area contributed by atoms with Crippen molar-refractivity contribution in [3.05, 3.63) is 24.3 Å². The molecule has 0 atom stereocenters. The summed E-state index contributed by atoms with van der Waals surface area (Å²) in [5, 5.41) is 1.16. The number of anilines is 1. The minimum Gasteiger partial charge on any atom is -0.481 e. The number of imidazole rings is 1. The van der Waals surface area contributed by atoms with Crippen LogP contribution < -0.4 is 15.2 Å². The fourth-order valence-corrected chi connectivity index (χ4v) is 2.53. The molecule has 0 aliphatic carbocycles. The number of hydrogen-bond acceptors (Lipinski definition) is 7. The third kappa shape index (κ3) is 2.84. The average molecular weight is 303 g/mol. The van der Waals surface area contributed by atoms with Gasteiger partial charge in [0.2, 0.25) is 16.9 Å². The number of fused-ring (bicyclic) bond motifs is 1. The Balaban J connectivity index is 1.94. The topological polar surface area (TPSA) is 98.9 Å². The van der Waals surface area contributed by atoms with Crippen molar-refractivity contribution < 1.29 is 9.47 Å². The van der Waals surface area contributed by atoms with Crippen LogP contribution in [0.15, 0.2) is 34.6 Å². The van der Waals surface area contributed by atoms with Crippen LogP contribution >= 0.6 is 11.8 Å². The van der Waals surface area contributed by atoms with E-state index in [1.807, 2.05) is 18.2 Å². The van der Waals surface area contributed by atoms with Crippen molar-refractivity contribution in [3.8, 4) is 11.8 Å². The van der Waals surface area contributed by atoms with Crippen molar-refractivity contribution in [2.45, 2.75) is 10.3 Å². The zero-order valence-corrected chi connectivity index (χ0v) is 12.3. The van der Waals surface area contributed by atoms with E-state index in [1.165, 1.54) is 11.8 Å². The number of aromatic nitrogens is 4. The van der Waals surface area contributed by atoms with Gasteiger partial charge in [-0.2, -0.15) is 9.97 Å². The van der Waals surface area contributed by atoms with Crippen molar-refractivity contribution in [1.82, 2.24) is 19.9 Å². The molecule has 108 valence electrons. The summed E-state index contributed by atoms with van der Waals surface area (Å²) < 4.78 is 10.2.